The lowest BCUT2D eigenvalue weighted by Crippen LogP contribution is -2.24. The quantitative estimate of drug-likeness (QED) is 0.727. The van der Waals surface area contributed by atoms with E-state index in [0.717, 1.165) is 5.56 Å². The molecule has 2 heterocycles. The first-order valence-electron chi connectivity index (χ1n) is 7.03. The van der Waals surface area contributed by atoms with Crippen LogP contribution in [0.3, 0.4) is 0 Å². The van der Waals surface area contributed by atoms with E-state index in [1.807, 2.05) is 18.2 Å². The number of imidazole rings is 1. The van der Waals surface area contributed by atoms with Gasteiger partial charge in [0.2, 0.25) is 0 Å². The molecule has 0 atom stereocenters. The molecule has 116 valence electrons. The van der Waals surface area contributed by atoms with Gasteiger partial charge in [-0.3, -0.25) is 10.1 Å². The lowest BCUT2D eigenvalue weighted by atomic mass is 10.1. The van der Waals surface area contributed by atoms with Crippen LogP contribution in [0.1, 0.15) is 17.3 Å². The van der Waals surface area contributed by atoms with Crippen molar-refractivity contribution in [1.29, 1.82) is 0 Å². The van der Waals surface area contributed by atoms with Crippen molar-refractivity contribution >= 4 is 23.3 Å². The van der Waals surface area contributed by atoms with Gasteiger partial charge in [0.15, 0.2) is 17.2 Å². The predicted molar refractivity (Wildman–Crippen MR) is 86.5 cm³/mol. The lowest BCUT2D eigenvalue weighted by Gasteiger charge is -2.03. The van der Waals surface area contributed by atoms with Crippen LogP contribution in [0.2, 0.25) is 0 Å². The Bertz CT molecular complexity index is 900. The molecule has 0 saturated carbocycles. The van der Waals surface area contributed by atoms with Crippen molar-refractivity contribution in [3.63, 3.8) is 0 Å². The van der Waals surface area contributed by atoms with Gasteiger partial charge in [-0.2, -0.15) is 5.10 Å². The van der Waals surface area contributed by atoms with Crippen LogP contribution >= 0.6 is 0 Å². The van der Waals surface area contributed by atoms with E-state index in [1.54, 1.807) is 28.9 Å². The van der Waals surface area contributed by atoms with Gasteiger partial charge in [0.05, 0.1) is 11.9 Å². The summed E-state index contributed by atoms with van der Waals surface area (Å²) in [5.41, 5.74) is 2.80. The second-order valence-corrected chi connectivity index (χ2v) is 4.99. The molecule has 0 radical (unpaired) electrons. The number of nitrogens with one attached hydrogen (secondary N) is 2. The normalized spacial score (nSPS) is 10.5. The van der Waals surface area contributed by atoms with Crippen LogP contribution in [0.15, 0.2) is 42.6 Å². The number of Topliss-reactive ketones (excluding diaryl/α,β-unsaturated/α-hetero) is 1. The van der Waals surface area contributed by atoms with Crippen LogP contribution in [-0.2, 0) is 0 Å². The zero-order chi connectivity index (χ0) is 16.4. The molecule has 2 aromatic heterocycles. The largest absolute Gasteiger partial charge is 0.341 e. The van der Waals surface area contributed by atoms with Crippen LogP contribution in [-0.4, -0.2) is 33.5 Å². The third kappa shape index (κ3) is 3.03. The van der Waals surface area contributed by atoms with Gasteiger partial charge in [-0.15, -0.1) is 0 Å². The van der Waals surface area contributed by atoms with E-state index < -0.39 is 0 Å². The van der Waals surface area contributed by atoms with Crippen LogP contribution in [0.5, 0.6) is 0 Å². The number of rotatable bonds is 3. The number of hydrogen-bond acceptors (Lipinski definition) is 4. The molecule has 3 aromatic rings. The van der Waals surface area contributed by atoms with Crippen molar-refractivity contribution in [3.05, 3.63) is 48.2 Å². The van der Waals surface area contributed by atoms with Crippen LogP contribution < -0.4 is 10.6 Å². The van der Waals surface area contributed by atoms with Crippen LogP contribution in [0.25, 0.3) is 16.9 Å². The lowest BCUT2D eigenvalue weighted by molar-refractivity contribution is 0.101. The van der Waals surface area contributed by atoms with E-state index >= 15 is 0 Å². The summed E-state index contributed by atoms with van der Waals surface area (Å²) >= 11 is 0. The van der Waals surface area contributed by atoms with Gasteiger partial charge in [0.25, 0.3) is 0 Å². The number of hydrogen-bond donors (Lipinski definition) is 2. The van der Waals surface area contributed by atoms with Gasteiger partial charge in [-0.25, -0.2) is 14.3 Å². The second-order valence-electron chi connectivity index (χ2n) is 4.99. The molecule has 0 aliphatic rings. The van der Waals surface area contributed by atoms with Crippen molar-refractivity contribution in [2.75, 3.05) is 12.4 Å². The molecule has 0 saturated heterocycles. The molecule has 0 unspecified atom stereocenters. The van der Waals surface area contributed by atoms with Gasteiger partial charge in [0, 0.05) is 18.2 Å². The van der Waals surface area contributed by atoms with Crippen molar-refractivity contribution < 1.29 is 9.59 Å². The van der Waals surface area contributed by atoms with E-state index in [4.69, 9.17) is 0 Å². The summed E-state index contributed by atoms with van der Waals surface area (Å²) in [6.45, 7) is 1.53. The number of urea groups is 1. The van der Waals surface area contributed by atoms with Crippen LogP contribution in [0.4, 0.5) is 10.6 Å². The summed E-state index contributed by atoms with van der Waals surface area (Å²) in [5, 5.41) is 9.53. The molecule has 0 aliphatic heterocycles. The number of amides is 2. The number of fused-ring (bicyclic) bond motifs is 1. The fourth-order valence-electron chi connectivity index (χ4n) is 2.17. The second kappa shape index (κ2) is 5.88. The van der Waals surface area contributed by atoms with E-state index in [-0.39, 0.29) is 11.8 Å². The van der Waals surface area contributed by atoms with E-state index in [1.165, 1.54) is 14.0 Å². The zero-order valence-electron chi connectivity index (χ0n) is 12.7. The Labute approximate surface area is 132 Å². The third-order valence-electron chi connectivity index (χ3n) is 3.35. The summed E-state index contributed by atoms with van der Waals surface area (Å²) < 4.78 is 1.58. The molecule has 2 N–H and O–H groups in total. The van der Waals surface area contributed by atoms with Crippen molar-refractivity contribution in [2.24, 2.45) is 0 Å². The Balaban J connectivity index is 1.98. The van der Waals surface area contributed by atoms with E-state index in [2.05, 4.69) is 20.7 Å². The van der Waals surface area contributed by atoms with Crippen molar-refractivity contribution in [3.8, 4) is 11.3 Å². The number of nitrogens with zero attached hydrogens (tertiary/aromatic N) is 3. The molecule has 7 nitrogen and oxygen atoms in total. The maximum atomic E-state index is 11.5. The highest BCUT2D eigenvalue weighted by Crippen LogP contribution is 2.20. The fraction of sp³-hybridized carbons (Fsp3) is 0.125. The minimum absolute atomic E-state index is 0.00706. The Morgan fingerprint density at radius 2 is 2.00 bits per heavy atom. The number of ketones is 1. The summed E-state index contributed by atoms with van der Waals surface area (Å²) in [7, 11) is 1.53. The summed E-state index contributed by atoms with van der Waals surface area (Å²) in [6, 6.07) is 10.6. The zero-order valence-corrected chi connectivity index (χ0v) is 12.7. The molecule has 3 rings (SSSR count). The summed E-state index contributed by atoms with van der Waals surface area (Å²) in [4.78, 5) is 27.1. The van der Waals surface area contributed by atoms with Crippen molar-refractivity contribution in [1.82, 2.24) is 19.9 Å². The molecule has 0 aliphatic carbocycles. The third-order valence-corrected chi connectivity index (χ3v) is 3.35. The molecule has 0 fully saturated rings. The van der Waals surface area contributed by atoms with Gasteiger partial charge in [-0.1, -0.05) is 18.2 Å². The first kappa shape index (κ1) is 14.7. The number of carbonyl (C=O) groups is 2. The van der Waals surface area contributed by atoms with Crippen LogP contribution in [0, 0.1) is 0 Å². The minimum Gasteiger partial charge on any atom is -0.341 e. The molecule has 0 bridgehead atoms. The van der Waals surface area contributed by atoms with Gasteiger partial charge >= 0.3 is 6.03 Å². The summed E-state index contributed by atoms with van der Waals surface area (Å²) in [6.07, 6.45) is 1.63. The average Bonchev–Trinajstić information content (AvgIpc) is 2.96. The van der Waals surface area contributed by atoms with Gasteiger partial charge < -0.3 is 5.32 Å². The predicted octanol–water partition coefficient (Wildman–Crippen LogP) is 2.35. The van der Waals surface area contributed by atoms with Gasteiger partial charge in [-0.05, 0) is 25.1 Å². The number of carbonyl (C=O) groups excluding carboxylic acids is 2. The molecule has 23 heavy (non-hydrogen) atoms. The highest BCUT2D eigenvalue weighted by Gasteiger charge is 2.08. The molecular formula is C16H15N5O2. The Morgan fingerprint density at radius 1 is 1.17 bits per heavy atom. The molecule has 0 spiro atoms. The monoisotopic (exact) mass is 309 g/mol. The smallest absolute Gasteiger partial charge is 0.320 e. The van der Waals surface area contributed by atoms with E-state index in [9.17, 15) is 9.59 Å². The van der Waals surface area contributed by atoms with E-state index in [0.29, 0.717) is 22.7 Å². The average molecular weight is 309 g/mol. The van der Waals surface area contributed by atoms with Crippen molar-refractivity contribution in [2.45, 2.75) is 6.92 Å². The Morgan fingerprint density at radius 3 is 2.74 bits per heavy atom. The molecule has 2 amide bonds. The standard InChI is InChI=1S/C16H15N5O2/c1-10(22)11-4-3-5-12(8-11)13-6-7-15-18-14(9-21(15)20-13)19-16(23)17-2/h3-9H,1-2H3,(H2,17,19,23). The molecular weight excluding hydrogens is 294 g/mol. The molecule has 1 aromatic carbocycles. The number of benzene rings is 1. The highest BCUT2D eigenvalue weighted by atomic mass is 16.2. The molecule has 7 heteroatoms. The number of aromatic nitrogens is 3. The van der Waals surface area contributed by atoms with Gasteiger partial charge in [0.1, 0.15) is 0 Å². The topological polar surface area (TPSA) is 88.4 Å². The summed E-state index contributed by atoms with van der Waals surface area (Å²) in [5.74, 6) is 0.416. The maximum Gasteiger partial charge on any atom is 0.320 e. The first-order chi connectivity index (χ1) is 11.1. The SMILES string of the molecule is CNC(=O)Nc1cn2nc(-c3cccc(C(C)=O)c3)ccc2n1. The fourth-order valence-corrected chi connectivity index (χ4v) is 2.17. The first-order valence-corrected chi connectivity index (χ1v) is 7.03. The Kier molecular flexibility index (Phi) is 3.76. The minimum atomic E-state index is -0.345. The number of anilines is 1. The highest BCUT2D eigenvalue weighted by molar-refractivity contribution is 5.95. The Hall–Kier alpha value is -3.22. The maximum absolute atomic E-state index is 11.5.